The highest BCUT2D eigenvalue weighted by Crippen LogP contribution is 2.06. The van der Waals surface area contributed by atoms with Crippen LogP contribution in [0.1, 0.15) is 18.9 Å². The maximum Gasteiger partial charge on any atom is 0.326 e. The van der Waals surface area contributed by atoms with Crippen LogP contribution < -0.4 is 27.4 Å². The predicted octanol–water partition coefficient (Wildman–Crippen LogP) is -2.08. The van der Waals surface area contributed by atoms with Crippen LogP contribution in [0.2, 0.25) is 0 Å². The maximum atomic E-state index is 12.8. The van der Waals surface area contributed by atoms with Crippen molar-refractivity contribution >= 4 is 42.2 Å². The molecule has 11 nitrogen and oxygen atoms in total. The summed E-state index contributed by atoms with van der Waals surface area (Å²) in [7, 11) is 0. The summed E-state index contributed by atoms with van der Waals surface area (Å²) < 4.78 is 0. The van der Waals surface area contributed by atoms with Gasteiger partial charge in [0, 0.05) is 12.2 Å². The third-order valence-corrected chi connectivity index (χ3v) is 4.53. The number of carboxylic acids is 1. The lowest BCUT2D eigenvalue weighted by atomic mass is 10.0. The molecular formula is C19H27N5O6S. The molecule has 4 unspecified atom stereocenters. The molecular weight excluding hydrogens is 426 g/mol. The smallest absolute Gasteiger partial charge is 0.326 e. The zero-order chi connectivity index (χ0) is 23.6. The first kappa shape index (κ1) is 25.9. The third kappa shape index (κ3) is 9.05. The Morgan fingerprint density at radius 3 is 1.94 bits per heavy atom. The summed E-state index contributed by atoms with van der Waals surface area (Å²) in [6.45, 7) is 1.44. The first-order chi connectivity index (χ1) is 14.5. The molecule has 0 heterocycles. The molecule has 0 radical (unpaired) electrons. The van der Waals surface area contributed by atoms with Gasteiger partial charge >= 0.3 is 5.97 Å². The van der Waals surface area contributed by atoms with Crippen molar-refractivity contribution in [2.45, 2.75) is 43.9 Å². The first-order valence-corrected chi connectivity index (χ1v) is 10.0. The fourth-order valence-electron chi connectivity index (χ4n) is 2.50. The van der Waals surface area contributed by atoms with E-state index in [2.05, 4.69) is 28.6 Å². The average Bonchev–Trinajstić information content (AvgIpc) is 2.70. The van der Waals surface area contributed by atoms with Crippen LogP contribution >= 0.6 is 12.6 Å². The summed E-state index contributed by atoms with van der Waals surface area (Å²) in [5.74, 6) is -4.54. The minimum atomic E-state index is -1.56. The summed E-state index contributed by atoms with van der Waals surface area (Å²) in [5.41, 5.74) is 11.2. The fraction of sp³-hybridized carbons (Fsp3) is 0.421. The topological polar surface area (TPSA) is 194 Å². The number of hydrogen-bond acceptors (Lipinski definition) is 7. The Kier molecular flexibility index (Phi) is 10.5. The Bertz CT molecular complexity index is 804. The second-order valence-corrected chi connectivity index (χ2v) is 7.22. The van der Waals surface area contributed by atoms with Gasteiger partial charge in [-0.15, -0.1) is 0 Å². The van der Waals surface area contributed by atoms with Gasteiger partial charge in [0.05, 0.1) is 12.5 Å². The number of thiol groups is 1. The Morgan fingerprint density at radius 1 is 0.935 bits per heavy atom. The maximum absolute atomic E-state index is 12.8. The number of nitrogens with one attached hydrogen (secondary N) is 3. The molecule has 4 amide bonds. The van der Waals surface area contributed by atoms with Gasteiger partial charge in [0.2, 0.25) is 23.6 Å². The molecule has 1 aromatic carbocycles. The van der Waals surface area contributed by atoms with Gasteiger partial charge in [-0.25, -0.2) is 4.79 Å². The van der Waals surface area contributed by atoms with Crippen molar-refractivity contribution in [3.8, 4) is 0 Å². The predicted molar refractivity (Wildman–Crippen MR) is 115 cm³/mol. The Labute approximate surface area is 184 Å². The molecule has 0 saturated carbocycles. The molecule has 8 N–H and O–H groups in total. The normalized spacial score (nSPS) is 14.4. The van der Waals surface area contributed by atoms with Crippen molar-refractivity contribution in [1.82, 2.24) is 16.0 Å². The molecule has 0 spiro atoms. The van der Waals surface area contributed by atoms with Gasteiger partial charge < -0.3 is 32.5 Å². The van der Waals surface area contributed by atoms with E-state index in [0.717, 1.165) is 0 Å². The third-order valence-electron chi connectivity index (χ3n) is 4.16. The molecule has 0 aliphatic heterocycles. The number of carbonyl (C=O) groups excluding carboxylic acids is 4. The van der Waals surface area contributed by atoms with Crippen LogP contribution in [-0.2, 0) is 30.4 Å². The van der Waals surface area contributed by atoms with Gasteiger partial charge in [0.15, 0.2) is 0 Å². The van der Waals surface area contributed by atoms with Gasteiger partial charge in [-0.1, -0.05) is 30.3 Å². The lowest BCUT2D eigenvalue weighted by Gasteiger charge is -2.24. The fourth-order valence-corrected chi connectivity index (χ4v) is 2.76. The minimum absolute atomic E-state index is 0.0296. The van der Waals surface area contributed by atoms with Crippen molar-refractivity contribution in [1.29, 1.82) is 0 Å². The van der Waals surface area contributed by atoms with Crippen LogP contribution in [0, 0.1) is 0 Å². The van der Waals surface area contributed by atoms with Gasteiger partial charge in [-0.05, 0) is 12.5 Å². The molecule has 0 aliphatic carbocycles. The lowest BCUT2D eigenvalue weighted by Crippen LogP contribution is -2.58. The Balaban J connectivity index is 3.03. The van der Waals surface area contributed by atoms with Crippen LogP contribution in [0.25, 0.3) is 0 Å². The average molecular weight is 454 g/mol. The van der Waals surface area contributed by atoms with Crippen LogP contribution in [0.4, 0.5) is 0 Å². The zero-order valence-corrected chi connectivity index (χ0v) is 17.8. The van der Waals surface area contributed by atoms with Crippen LogP contribution in [0.5, 0.6) is 0 Å². The molecule has 0 aromatic heterocycles. The summed E-state index contributed by atoms with van der Waals surface area (Å²) in [5, 5.41) is 16.3. The second kappa shape index (κ2) is 12.5. The number of rotatable bonds is 12. The number of carboxylic acid groups (broad SMARTS) is 1. The summed E-state index contributed by atoms with van der Waals surface area (Å²) in [4.78, 5) is 59.6. The highest BCUT2D eigenvalue weighted by molar-refractivity contribution is 7.80. The number of nitrogens with two attached hydrogens (primary N) is 2. The number of amides is 4. The summed E-state index contributed by atoms with van der Waals surface area (Å²) in [6, 6.07) is 3.99. The molecule has 0 saturated heterocycles. The van der Waals surface area contributed by atoms with Crippen molar-refractivity contribution in [3.05, 3.63) is 35.9 Å². The molecule has 0 aliphatic rings. The Hall–Kier alpha value is -3.12. The highest BCUT2D eigenvalue weighted by atomic mass is 32.1. The van der Waals surface area contributed by atoms with E-state index < -0.39 is 60.2 Å². The van der Waals surface area contributed by atoms with E-state index in [1.165, 1.54) is 6.92 Å². The van der Waals surface area contributed by atoms with E-state index >= 15 is 0 Å². The molecule has 4 atom stereocenters. The number of benzene rings is 1. The van der Waals surface area contributed by atoms with Gasteiger partial charge in [0.25, 0.3) is 0 Å². The van der Waals surface area contributed by atoms with Crippen LogP contribution in [0.3, 0.4) is 0 Å². The molecule has 31 heavy (non-hydrogen) atoms. The number of primary amides is 1. The monoisotopic (exact) mass is 453 g/mol. The number of hydrogen-bond donors (Lipinski definition) is 7. The van der Waals surface area contributed by atoms with Gasteiger partial charge in [-0.2, -0.15) is 12.6 Å². The standard InChI is InChI=1S/C19H27N5O6S/c1-10(20)16(26)24-14(9-31)18(28)22-12(7-11-5-3-2-4-6-11)17(27)23-13(19(29)30)8-15(21)25/h2-6,10,12-14,31H,7-9,20H2,1H3,(H2,21,25)(H,22,28)(H,23,27)(H,24,26)(H,29,30). The minimum Gasteiger partial charge on any atom is -0.480 e. The van der Waals surface area contributed by atoms with E-state index in [1.807, 2.05) is 0 Å². The quantitative estimate of drug-likeness (QED) is 0.176. The largest absolute Gasteiger partial charge is 0.480 e. The molecule has 0 bridgehead atoms. The van der Waals surface area contributed by atoms with Crippen molar-refractivity contribution in [2.24, 2.45) is 11.5 Å². The first-order valence-electron chi connectivity index (χ1n) is 9.37. The summed E-state index contributed by atoms with van der Waals surface area (Å²) >= 11 is 4.05. The summed E-state index contributed by atoms with van der Waals surface area (Å²) in [6.07, 6.45) is -0.585. The van der Waals surface area contributed by atoms with E-state index in [0.29, 0.717) is 5.56 Å². The molecule has 0 fully saturated rings. The Morgan fingerprint density at radius 2 is 1.45 bits per heavy atom. The highest BCUT2D eigenvalue weighted by Gasteiger charge is 2.30. The van der Waals surface area contributed by atoms with Crippen molar-refractivity contribution < 1.29 is 29.1 Å². The molecule has 1 aromatic rings. The zero-order valence-electron chi connectivity index (χ0n) is 16.9. The lowest BCUT2D eigenvalue weighted by molar-refractivity contribution is -0.143. The molecule has 1 rings (SSSR count). The number of aliphatic carboxylic acids is 1. The van der Waals surface area contributed by atoms with Crippen molar-refractivity contribution in [2.75, 3.05) is 5.75 Å². The number of carbonyl (C=O) groups is 5. The van der Waals surface area contributed by atoms with Crippen LogP contribution in [-0.4, -0.2) is 64.6 Å². The van der Waals surface area contributed by atoms with E-state index in [4.69, 9.17) is 11.5 Å². The van der Waals surface area contributed by atoms with Gasteiger partial charge in [0.1, 0.15) is 18.1 Å². The SMILES string of the molecule is CC(N)C(=O)NC(CS)C(=O)NC(Cc1ccccc1)C(=O)NC(CC(N)=O)C(=O)O. The molecule has 12 heteroatoms. The molecule has 170 valence electrons. The van der Waals surface area contributed by atoms with Crippen LogP contribution in [0.15, 0.2) is 30.3 Å². The second-order valence-electron chi connectivity index (χ2n) is 6.85. The van der Waals surface area contributed by atoms with Gasteiger partial charge in [-0.3, -0.25) is 19.2 Å². The van der Waals surface area contributed by atoms with E-state index in [9.17, 15) is 29.1 Å². The van der Waals surface area contributed by atoms with E-state index in [-0.39, 0.29) is 12.2 Å². The van der Waals surface area contributed by atoms with Crippen molar-refractivity contribution in [3.63, 3.8) is 0 Å². The van der Waals surface area contributed by atoms with E-state index in [1.54, 1.807) is 30.3 Å².